The normalized spacial score (nSPS) is 56.2. The molecule has 0 aromatic carbocycles. The van der Waals surface area contributed by atoms with Gasteiger partial charge >= 0.3 is 5.97 Å². The van der Waals surface area contributed by atoms with E-state index in [1.54, 1.807) is 0 Å². The SMILES string of the molecule is CC12CC3(CC(=O)O)C[C@](Br)(C1)C[C@](Br)(C2)C3. The third kappa shape index (κ3) is 1.99. The van der Waals surface area contributed by atoms with Crippen LogP contribution in [-0.4, -0.2) is 19.7 Å². The van der Waals surface area contributed by atoms with Gasteiger partial charge in [0.05, 0.1) is 6.42 Å². The number of halogens is 2. The molecule has 4 saturated carbocycles. The van der Waals surface area contributed by atoms with Crippen molar-refractivity contribution >= 4 is 37.8 Å². The summed E-state index contributed by atoms with van der Waals surface area (Å²) in [6, 6.07) is 0. The first kappa shape index (κ1) is 12.5. The maximum absolute atomic E-state index is 11.2. The average Bonchev–Trinajstić information content (AvgIpc) is 1.87. The number of rotatable bonds is 2. The molecular weight excluding hydrogens is 348 g/mol. The quantitative estimate of drug-likeness (QED) is 0.748. The van der Waals surface area contributed by atoms with Gasteiger partial charge in [0.1, 0.15) is 0 Å². The summed E-state index contributed by atoms with van der Waals surface area (Å²) < 4.78 is 0.352. The zero-order chi connectivity index (χ0) is 12.5. The topological polar surface area (TPSA) is 37.3 Å². The first-order valence-corrected chi connectivity index (χ1v) is 7.84. The molecule has 0 spiro atoms. The monoisotopic (exact) mass is 364 g/mol. The minimum atomic E-state index is -0.636. The van der Waals surface area contributed by atoms with E-state index in [4.69, 9.17) is 0 Å². The maximum atomic E-state index is 11.2. The average molecular weight is 366 g/mol. The van der Waals surface area contributed by atoms with Crippen LogP contribution in [0.1, 0.15) is 51.9 Å². The third-order valence-electron chi connectivity index (χ3n) is 4.83. The number of carboxylic acid groups (broad SMARTS) is 1. The lowest BCUT2D eigenvalue weighted by Gasteiger charge is -2.67. The molecule has 4 aliphatic carbocycles. The summed E-state index contributed by atoms with van der Waals surface area (Å²) in [7, 11) is 0. The fourth-order valence-corrected chi connectivity index (χ4v) is 9.60. The largest absolute Gasteiger partial charge is 0.481 e. The molecule has 2 unspecified atom stereocenters. The highest BCUT2D eigenvalue weighted by Crippen LogP contribution is 2.72. The predicted octanol–water partition coefficient (Wildman–Crippen LogP) is 4.10. The first-order chi connectivity index (χ1) is 7.66. The molecular formula is C13H18Br2O2. The van der Waals surface area contributed by atoms with E-state index in [2.05, 4.69) is 38.8 Å². The summed E-state index contributed by atoms with van der Waals surface area (Å²) in [5.41, 5.74) is 0.333. The molecule has 0 saturated heterocycles. The van der Waals surface area contributed by atoms with Crippen LogP contribution in [0.4, 0.5) is 0 Å². The number of aliphatic carboxylic acids is 1. The molecule has 4 bridgehead atoms. The van der Waals surface area contributed by atoms with E-state index >= 15 is 0 Å². The van der Waals surface area contributed by atoms with Crippen LogP contribution in [0.25, 0.3) is 0 Å². The fourth-order valence-electron chi connectivity index (χ4n) is 5.61. The summed E-state index contributed by atoms with van der Waals surface area (Å²) >= 11 is 7.86. The van der Waals surface area contributed by atoms with Crippen LogP contribution in [0.15, 0.2) is 0 Å². The minimum absolute atomic E-state index is 0.0162. The molecule has 0 radical (unpaired) electrons. The minimum Gasteiger partial charge on any atom is -0.481 e. The second-order valence-corrected chi connectivity index (χ2v) is 10.6. The Morgan fingerprint density at radius 3 is 2.00 bits per heavy atom. The first-order valence-electron chi connectivity index (χ1n) is 6.26. The zero-order valence-electron chi connectivity index (χ0n) is 10.1. The molecule has 0 amide bonds. The van der Waals surface area contributed by atoms with E-state index in [0.29, 0.717) is 11.8 Å². The molecule has 4 heteroatoms. The molecule has 4 rings (SSSR count). The van der Waals surface area contributed by atoms with E-state index < -0.39 is 5.97 Å². The molecule has 4 aliphatic rings. The fraction of sp³-hybridized carbons (Fsp3) is 0.923. The summed E-state index contributed by atoms with van der Waals surface area (Å²) in [4.78, 5) is 11.2. The second-order valence-electron chi connectivity index (χ2n) is 7.24. The van der Waals surface area contributed by atoms with E-state index in [-0.39, 0.29) is 14.1 Å². The van der Waals surface area contributed by atoms with E-state index in [0.717, 1.165) is 25.7 Å². The van der Waals surface area contributed by atoms with E-state index in [9.17, 15) is 9.90 Å². The Morgan fingerprint density at radius 1 is 1.06 bits per heavy atom. The van der Waals surface area contributed by atoms with Gasteiger partial charge in [0.2, 0.25) is 0 Å². The molecule has 0 heterocycles. The molecule has 96 valence electrons. The van der Waals surface area contributed by atoms with Crippen LogP contribution in [0.3, 0.4) is 0 Å². The highest BCUT2D eigenvalue weighted by Gasteiger charge is 2.65. The Kier molecular flexibility index (Phi) is 2.42. The van der Waals surface area contributed by atoms with Gasteiger partial charge in [-0.15, -0.1) is 0 Å². The number of carboxylic acids is 1. The van der Waals surface area contributed by atoms with Gasteiger partial charge in [-0.05, 0) is 49.4 Å². The lowest BCUT2D eigenvalue weighted by atomic mass is 9.44. The predicted molar refractivity (Wildman–Crippen MR) is 73.8 cm³/mol. The Hall–Kier alpha value is 0.430. The van der Waals surface area contributed by atoms with E-state index in [1.807, 2.05) is 0 Å². The van der Waals surface area contributed by atoms with Crippen molar-refractivity contribution < 1.29 is 9.90 Å². The molecule has 4 atom stereocenters. The number of alkyl halides is 2. The second kappa shape index (κ2) is 3.30. The van der Waals surface area contributed by atoms with Crippen molar-refractivity contribution in [2.75, 3.05) is 0 Å². The molecule has 0 aromatic rings. The molecule has 0 aromatic heterocycles. The number of hydrogen-bond donors (Lipinski definition) is 1. The smallest absolute Gasteiger partial charge is 0.303 e. The van der Waals surface area contributed by atoms with Crippen LogP contribution in [0.5, 0.6) is 0 Å². The molecule has 2 nitrogen and oxygen atoms in total. The van der Waals surface area contributed by atoms with Crippen LogP contribution in [0.2, 0.25) is 0 Å². The Bertz CT molecular complexity index is 339. The van der Waals surface area contributed by atoms with Crippen LogP contribution < -0.4 is 0 Å². The van der Waals surface area contributed by atoms with Gasteiger partial charge in [0.25, 0.3) is 0 Å². The van der Waals surface area contributed by atoms with Gasteiger partial charge in [0, 0.05) is 8.65 Å². The van der Waals surface area contributed by atoms with Gasteiger partial charge in [-0.2, -0.15) is 0 Å². The van der Waals surface area contributed by atoms with Crippen molar-refractivity contribution in [1.82, 2.24) is 0 Å². The van der Waals surface area contributed by atoms with Gasteiger partial charge in [-0.1, -0.05) is 38.8 Å². The zero-order valence-corrected chi connectivity index (χ0v) is 13.2. The van der Waals surface area contributed by atoms with Gasteiger partial charge < -0.3 is 5.11 Å². The Balaban J connectivity index is 2.01. The van der Waals surface area contributed by atoms with Crippen LogP contribution in [0, 0.1) is 10.8 Å². The highest BCUT2D eigenvalue weighted by atomic mass is 79.9. The van der Waals surface area contributed by atoms with Crippen molar-refractivity contribution in [2.24, 2.45) is 10.8 Å². The molecule has 0 aliphatic heterocycles. The van der Waals surface area contributed by atoms with Crippen molar-refractivity contribution in [2.45, 2.75) is 60.5 Å². The van der Waals surface area contributed by atoms with Crippen molar-refractivity contribution in [3.63, 3.8) is 0 Å². The number of carbonyl (C=O) groups is 1. The van der Waals surface area contributed by atoms with Crippen molar-refractivity contribution in [3.8, 4) is 0 Å². The Morgan fingerprint density at radius 2 is 1.59 bits per heavy atom. The third-order valence-corrected chi connectivity index (χ3v) is 6.51. The maximum Gasteiger partial charge on any atom is 0.303 e. The lowest BCUT2D eigenvalue weighted by Crippen LogP contribution is -2.62. The molecule has 1 N–H and O–H groups in total. The van der Waals surface area contributed by atoms with Crippen molar-refractivity contribution in [3.05, 3.63) is 0 Å². The van der Waals surface area contributed by atoms with Crippen LogP contribution in [-0.2, 0) is 4.79 Å². The summed E-state index contributed by atoms with van der Waals surface area (Å²) in [5.74, 6) is -0.636. The van der Waals surface area contributed by atoms with Gasteiger partial charge in [-0.3, -0.25) is 4.79 Å². The van der Waals surface area contributed by atoms with Crippen molar-refractivity contribution in [1.29, 1.82) is 0 Å². The van der Waals surface area contributed by atoms with Crippen LogP contribution >= 0.6 is 31.9 Å². The highest BCUT2D eigenvalue weighted by molar-refractivity contribution is 9.10. The van der Waals surface area contributed by atoms with Gasteiger partial charge in [-0.25, -0.2) is 0 Å². The lowest BCUT2D eigenvalue weighted by molar-refractivity contribution is -0.146. The van der Waals surface area contributed by atoms with Gasteiger partial charge in [0.15, 0.2) is 0 Å². The summed E-state index contributed by atoms with van der Waals surface area (Å²) in [5, 5.41) is 9.19. The molecule has 17 heavy (non-hydrogen) atoms. The number of hydrogen-bond acceptors (Lipinski definition) is 1. The standard InChI is InChI=1S/C13H18Br2O2/c1-10-3-11(2-9(16)17)6-12(14,4-10)8-13(15,5-10)7-11/h2-8H2,1H3,(H,16,17)/t10?,11?,12-,13+. The van der Waals surface area contributed by atoms with E-state index in [1.165, 1.54) is 12.8 Å². The Labute approximate surface area is 119 Å². The molecule has 4 fully saturated rings. The summed E-state index contributed by atoms with van der Waals surface area (Å²) in [6.07, 6.45) is 7.06. The summed E-state index contributed by atoms with van der Waals surface area (Å²) in [6.45, 7) is 2.34.